The first-order valence-electron chi connectivity index (χ1n) is 11.5. The molecule has 0 bridgehead atoms. The first-order chi connectivity index (χ1) is 17.7. The van der Waals surface area contributed by atoms with Gasteiger partial charge in [-0.05, 0) is 74.0 Å². The molecule has 1 N–H and O–H groups in total. The number of nitrogens with zero attached hydrogens (tertiary/aromatic N) is 2. The third kappa shape index (κ3) is 4.47. The van der Waals surface area contributed by atoms with E-state index in [1.807, 2.05) is 0 Å². The Balaban J connectivity index is 1.61. The van der Waals surface area contributed by atoms with Crippen molar-refractivity contribution >= 4 is 45.9 Å². The lowest BCUT2D eigenvalue weighted by Crippen LogP contribution is -2.31. The number of hydrogen-bond acceptors (Lipinski definition) is 7. The number of rotatable bonds is 6. The Morgan fingerprint density at radius 2 is 1.84 bits per heavy atom. The van der Waals surface area contributed by atoms with E-state index in [9.17, 15) is 19.5 Å². The van der Waals surface area contributed by atoms with Crippen LogP contribution in [0.25, 0.3) is 11.0 Å². The van der Waals surface area contributed by atoms with E-state index in [-0.39, 0.29) is 23.0 Å². The molecule has 1 aliphatic rings. The van der Waals surface area contributed by atoms with Gasteiger partial charge >= 0.3 is 5.97 Å². The Bertz CT molecular complexity index is 1570. The summed E-state index contributed by atoms with van der Waals surface area (Å²) in [5, 5.41) is 12.0. The zero-order valence-corrected chi connectivity index (χ0v) is 20.6. The second kappa shape index (κ2) is 9.55. The summed E-state index contributed by atoms with van der Waals surface area (Å²) in [6.45, 7) is 3.47. The van der Waals surface area contributed by atoms with Crippen LogP contribution in [-0.4, -0.2) is 33.9 Å². The van der Waals surface area contributed by atoms with Crippen molar-refractivity contribution in [2.75, 3.05) is 4.90 Å². The third-order valence-electron chi connectivity index (χ3n) is 5.88. The number of halogens is 1. The number of hydrogen-bond donors (Lipinski definition) is 1. The number of benzene rings is 2. The van der Waals surface area contributed by atoms with E-state index < -0.39 is 29.5 Å². The number of esters is 1. The van der Waals surface area contributed by atoms with E-state index in [1.165, 1.54) is 29.4 Å². The Kier molecular flexibility index (Phi) is 6.27. The van der Waals surface area contributed by atoms with E-state index in [0.717, 1.165) is 0 Å². The van der Waals surface area contributed by atoms with Gasteiger partial charge in [-0.1, -0.05) is 17.7 Å². The number of ether oxygens (including phenoxy) is 1. The van der Waals surface area contributed by atoms with Crippen LogP contribution in [0.2, 0.25) is 5.02 Å². The van der Waals surface area contributed by atoms with Gasteiger partial charge in [-0.3, -0.25) is 19.5 Å². The van der Waals surface area contributed by atoms with Gasteiger partial charge in [-0.15, -0.1) is 0 Å². The van der Waals surface area contributed by atoms with Crippen LogP contribution >= 0.6 is 11.6 Å². The number of aromatic nitrogens is 1. The zero-order chi connectivity index (χ0) is 26.3. The molecule has 1 amide bonds. The summed E-state index contributed by atoms with van der Waals surface area (Å²) >= 11 is 6.06. The van der Waals surface area contributed by atoms with Crippen LogP contribution in [0.15, 0.2) is 88.8 Å². The Labute approximate surface area is 216 Å². The summed E-state index contributed by atoms with van der Waals surface area (Å²) in [6.07, 6.45) is 2.71. The van der Waals surface area contributed by atoms with Crippen molar-refractivity contribution in [2.45, 2.75) is 26.0 Å². The van der Waals surface area contributed by atoms with Crippen LogP contribution in [0, 0.1) is 0 Å². The topological polar surface area (TPSA) is 110 Å². The standard InChI is InChI=1S/C28H21ClN2O6/c1-15(2)36-28(35)17-4-3-5-20(13-17)31-24(16-8-10-30-11-9-16)23(26(33)27(31)34)25(32)22-14-18-12-19(29)6-7-21(18)37-22/h3-15,24,33H,1-2H3. The van der Waals surface area contributed by atoms with Crippen molar-refractivity contribution in [3.63, 3.8) is 0 Å². The highest BCUT2D eigenvalue weighted by Crippen LogP contribution is 2.42. The highest BCUT2D eigenvalue weighted by atomic mass is 35.5. The quantitative estimate of drug-likeness (QED) is 0.253. The van der Waals surface area contributed by atoms with Crippen LogP contribution < -0.4 is 4.90 Å². The number of aliphatic hydroxyl groups is 1. The van der Waals surface area contributed by atoms with Gasteiger partial charge in [0, 0.05) is 28.5 Å². The van der Waals surface area contributed by atoms with E-state index in [2.05, 4.69) is 4.98 Å². The van der Waals surface area contributed by atoms with Gasteiger partial charge in [0.15, 0.2) is 11.5 Å². The minimum Gasteiger partial charge on any atom is -0.503 e. The normalized spacial score (nSPS) is 15.6. The number of carbonyl (C=O) groups excluding carboxylic acids is 3. The maximum atomic E-state index is 13.7. The number of amides is 1. The SMILES string of the molecule is CC(C)OC(=O)c1cccc(N2C(=O)C(O)=C(C(=O)c3cc4cc(Cl)ccc4o3)C2c2ccncc2)c1. The van der Waals surface area contributed by atoms with Crippen molar-refractivity contribution < 1.29 is 28.6 Å². The van der Waals surface area contributed by atoms with Crippen molar-refractivity contribution in [3.05, 3.63) is 106 Å². The Morgan fingerprint density at radius 3 is 2.57 bits per heavy atom. The highest BCUT2D eigenvalue weighted by molar-refractivity contribution is 6.31. The molecule has 9 heteroatoms. The molecule has 0 saturated heterocycles. The molecule has 37 heavy (non-hydrogen) atoms. The first kappa shape index (κ1) is 24.3. The van der Waals surface area contributed by atoms with Gasteiger partial charge in [-0.25, -0.2) is 4.79 Å². The van der Waals surface area contributed by atoms with E-state index in [4.69, 9.17) is 20.8 Å². The van der Waals surface area contributed by atoms with E-state index in [0.29, 0.717) is 27.2 Å². The first-order valence-corrected chi connectivity index (χ1v) is 11.8. The molecule has 0 saturated carbocycles. The fourth-order valence-corrected chi connectivity index (χ4v) is 4.47. The number of fused-ring (bicyclic) bond motifs is 1. The maximum absolute atomic E-state index is 13.7. The number of carbonyl (C=O) groups is 3. The summed E-state index contributed by atoms with van der Waals surface area (Å²) in [4.78, 5) is 44.9. The molecular formula is C28H21ClN2O6. The fourth-order valence-electron chi connectivity index (χ4n) is 4.29. The predicted octanol–water partition coefficient (Wildman–Crippen LogP) is 5.83. The predicted molar refractivity (Wildman–Crippen MR) is 137 cm³/mol. The second-order valence-corrected chi connectivity index (χ2v) is 9.18. The monoisotopic (exact) mass is 516 g/mol. The lowest BCUT2D eigenvalue weighted by Gasteiger charge is -2.27. The summed E-state index contributed by atoms with van der Waals surface area (Å²) in [5.74, 6) is -2.77. The lowest BCUT2D eigenvalue weighted by atomic mass is 9.95. The average molecular weight is 517 g/mol. The fraction of sp³-hybridized carbons (Fsp3) is 0.143. The highest BCUT2D eigenvalue weighted by Gasteiger charge is 2.45. The Morgan fingerprint density at radius 1 is 1.08 bits per heavy atom. The van der Waals surface area contributed by atoms with Crippen LogP contribution in [0.4, 0.5) is 5.69 Å². The molecule has 186 valence electrons. The number of ketones is 1. The number of pyridine rings is 1. The third-order valence-corrected chi connectivity index (χ3v) is 6.11. The zero-order valence-electron chi connectivity index (χ0n) is 19.8. The van der Waals surface area contributed by atoms with Crippen LogP contribution in [0.3, 0.4) is 0 Å². The van der Waals surface area contributed by atoms with E-state index >= 15 is 0 Å². The van der Waals surface area contributed by atoms with Crippen molar-refractivity contribution in [1.82, 2.24) is 4.98 Å². The number of furan rings is 1. The molecule has 1 atom stereocenters. The Hall–Kier alpha value is -4.43. The molecule has 4 aromatic rings. The number of Topliss-reactive ketones (excluding diaryl/α,β-unsaturated/α-hetero) is 1. The molecule has 5 rings (SSSR count). The molecule has 0 fully saturated rings. The van der Waals surface area contributed by atoms with Gasteiger partial charge < -0.3 is 14.3 Å². The smallest absolute Gasteiger partial charge is 0.338 e. The van der Waals surface area contributed by atoms with E-state index in [1.54, 1.807) is 62.4 Å². The summed E-state index contributed by atoms with van der Waals surface area (Å²) in [6, 6.07) is 15.0. The number of aliphatic hydroxyl groups excluding tert-OH is 1. The van der Waals surface area contributed by atoms with Crippen LogP contribution in [0.5, 0.6) is 0 Å². The molecule has 3 heterocycles. The summed E-state index contributed by atoms with van der Waals surface area (Å²) in [5.41, 5.74) is 1.34. The van der Waals surface area contributed by atoms with Gasteiger partial charge in [0.2, 0.25) is 5.78 Å². The molecule has 0 aliphatic carbocycles. The van der Waals surface area contributed by atoms with Gasteiger partial charge in [0.05, 0.1) is 23.3 Å². The molecule has 2 aromatic carbocycles. The van der Waals surface area contributed by atoms with Crippen molar-refractivity contribution in [3.8, 4) is 0 Å². The van der Waals surface area contributed by atoms with Crippen LogP contribution in [-0.2, 0) is 9.53 Å². The summed E-state index contributed by atoms with van der Waals surface area (Å²) < 4.78 is 11.0. The van der Waals surface area contributed by atoms with Crippen molar-refractivity contribution in [2.24, 2.45) is 0 Å². The van der Waals surface area contributed by atoms with Crippen LogP contribution in [0.1, 0.15) is 46.4 Å². The lowest BCUT2D eigenvalue weighted by molar-refractivity contribution is -0.117. The molecule has 1 aliphatic heterocycles. The van der Waals surface area contributed by atoms with Crippen molar-refractivity contribution in [1.29, 1.82) is 0 Å². The molecule has 0 spiro atoms. The molecule has 0 radical (unpaired) electrons. The minimum absolute atomic E-state index is 0.0539. The maximum Gasteiger partial charge on any atom is 0.338 e. The molecular weight excluding hydrogens is 496 g/mol. The minimum atomic E-state index is -1.00. The van der Waals surface area contributed by atoms with Gasteiger partial charge in [0.1, 0.15) is 5.58 Å². The average Bonchev–Trinajstić information content (AvgIpc) is 3.42. The molecule has 8 nitrogen and oxygen atoms in total. The van der Waals surface area contributed by atoms with Gasteiger partial charge in [0.25, 0.3) is 5.91 Å². The number of anilines is 1. The summed E-state index contributed by atoms with van der Waals surface area (Å²) in [7, 11) is 0. The van der Waals surface area contributed by atoms with Gasteiger partial charge in [-0.2, -0.15) is 0 Å². The molecule has 2 aromatic heterocycles. The largest absolute Gasteiger partial charge is 0.503 e. The molecule has 1 unspecified atom stereocenters. The second-order valence-electron chi connectivity index (χ2n) is 8.75.